The highest BCUT2D eigenvalue weighted by Crippen LogP contribution is 2.24. The maximum atomic E-state index is 13.4. The van der Waals surface area contributed by atoms with Crippen LogP contribution < -0.4 is 5.32 Å². The van der Waals surface area contributed by atoms with Crippen molar-refractivity contribution in [1.82, 2.24) is 0 Å². The number of carbonyl (C=O) groups is 1. The molecule has 0 bridgehead atoms. The Kier molecular flexibility index (Phi) is 3.73. The second-order valence-corrected chi connectivity index (χ2v) is 4.59. The van der Waals surface area contributed by atoms with E-state index in [1.807, 2.05) is 0 Å². The lowest BCUT2D eigenvalue weighted by Crippen LogP contribution is -2.27. The van der Waals surface area contributed by atoms with Crippen LogP contribution in [0.1, 0.15) is 12.8 Å². The van der Waals surface area contributed by atoms with Gasteiger partial charge in [-0.1, -0.05) is 0 Å². The van der Waals surface area contributed by atoms with Crippen LogP contribution >= 0.6 is 15.9 Å². The first-order chi connectivity index (χ1) is 8.08. The molecular formula is C11H10BrF2NO2. The fourth-order valence-electron chi connectivity index (χ4n) is 1.62. The number of amides is 1. The number of rotatable bonds is 2. The van der Waals surface area contributed by atoms with Gasteiger partial charge in [-0.15, -0.1) is 0 Å². The highest BCUT2D eigenvalue weighted by molar-refractivity contribution is 9.10. The van der Waals surface area contributed by atoms with E-state index < -0.39 is 23.6 Å². The lowest BCUT2D eigenvalue weighted by molar-refractivity contribution is -0.124. The standard InChI is InChI=1S/C11H10BrF2NO2/c12-6-4-8(14)9(5-7(6)13)15-11(16)10-2-1-3-17-10/h4-5,10H,1-3H2,(H,15,16)/t10-/m1/s1. The highest BCUT2D eigenvalue weighted by Gasteiger charge is 2.24. The van der Waals surface area contributed by atoms with E-state index in [-0.39, 0.29) is 10.2 Å². The molecule has 1 amide bonds. The summed E-state index contributed by atoms with van der Waals surface area (Å²) >= 11 is 2.86. The molecule has 0 aromatic heterocycles. The Balaban J connectivity index is 2.12. The molecule has 2 rings (SSSR count). The molecule has 0 unspecified atom stereocenters. The highest BCUT2D eigenvalue weighted by atomic mass is 79.9. The number of nitrogens with one attached hydrogen (secondary N) is 1. The van der Waals surface area contributed by atoms with Crippen LogP contribution in [0.3, 0.4) is 0 Å². The first-order valence-corrected chi connectivity index (χ1v) is 5.94. The summed E-state index contributed by atoms with van der Waals surface area (Å²) in [7, 11) is 0. The Bertz CT molecular complexity index is 447. The molecule has 0 spiro atoms. The van der Waals surface area contributed by atoms with Crippen molar-refractivity contribution < 1.29 is 18.3 Å². The smallest absolute Gasteiger partial charge is 0.253 e. The average molecular weight is 306 g/mol. The molecule has 1 aliphatic rings. The molecule has 0 aliphatic carbocycles. The molecule has 0 radical (unpaired) electrons. The van der Waals surface area contributed by atoms with Crippen LogP contribution in [0.15, 0.2) is 16.6 Å². The van der Waals surface area contributed by atoms with Gasteiger partial charge >= 0.3 is 0 Å². The molecule has 1 aromatic rings. The summed E-state index contributed by atoms with van der Waals surface area (Å²) in [6.07, 6.45) is 0.836. The van der Waals surface area contributed by atoms with E-state index in [4.69, 9.17) is 4.74 Å². The lowest BCUT2D eigenvalue weighted by atomic mass is 10.2. The van der Waals surface area contributed by atoms with Crippen LogP contribution in [0.4, 0.5) is 14.5 Å². The van der Waals surface area contributed by atoms with Gasteiger partial charge in [-0.2, -0.15) is 0 Å². The topological polar surface area (TPSA) is 38.3 Å². The first-order valence-electron chi connectivity index (χ1n) is 5.15. The van der Waals surface area contributed by atoms with Gasteiger partial charge in [0.2, 0.25) is 0 Å². The van der Waals surface area contributed by atoms with Gasteiger partial charge in [-0.25, -0.2) is 8.78 Å². The molecule has 1 N–H and O–H groups in total. The second-order valence-electron chi connectivity index (χ2n) is 3.74. The van der Waals surface area contributed by atoms with Crippen molar-refractivity contribution in [2.45, 2.75) is 18.9 Å². The van der Waals surface area contributed by atoms with Gasteiger partial charge in [0.25, 0.3) is 5.91 Å². The van der Waals surface area contributed by atoms with E-state index in [9.17, 15) is 13.6 Å². The Morgan fingerprint density at radius 2 is 2.18 bits per heavy atom. The summed E-state index contributed by atoms with van der Waals surface area (Å²) in [6, 6.07) is 1.91. The third kappa shape index (κ3) is 2.81. The Labute approximate surface area is 105 Å². The number of benzene rings is 1. The number of hydrogen-bond donors (Lipinski definition) is 1. The maximum absolute atomic E-state index is 13.4. The van der Waals surface area contributed by atoms with Gasteiger partial charge in [0, 0.05) is 12.7 Å². The molecule has 1 aromatic carbocycles. The van der Waals surface area contributed by atoms with E-state index in [1.165, 1.54) is 0 Å². The minimum Gasteiger partial charge on any atom is -0.368 e. The van der Waals surface area contributed by atoms with Crippen LogP contribution in [0, 0.1) is 11.6 Å². The van der Waals surface area contributed by atoms with Crippen LogP contribution in [-0.4, -0.2) is 18.6 Å². The van der Waals surface area contributed by atoms with E-state index >= 15 is 0 Å². The van der Waals surface area contributed by atoms with Gasteiger partial charge in [0.05, 0.1) is 10.2 Å². The monoisotopic (exact) mass is 305 g/mol. The first kappa shape index (κ1) is 12.4. The molecule has 17 heavy (non-hydrogen) atoms. The third-order valence-electron chi connectivity index (χ3n) is 2.49. The third-order valence-corrected chi connectivity index (χ3v) is 3.10. The zero-order valence-corrected chi connectivity index (χ0v) is 10.4. The Morgan fingerprint density at radius 3 is 2.82 bits per heavy atom. The molecular weight excluding hydrogens is 296 g/mol. The number of hydrogen-bond acceptors (Lipinski definition) is 2. The van der Waals surface area contributed by atoms with Crippen LogP contribution in [0.2, 0.25) is 0 Å². The molecule has 0 saturated carbocycles. The predicted octanol–water partition coefficient (Wildman–Crippen LogP) is 2.84. The SMILES string of the molecule is O=C(Nc1cc(F)c(Br)cc1F)[C@H]1CCCO1. The normalized spacial score (nSPS) is 19.4. The molecule has 1 atom stereocenters. The molecule has 1 saturated heterocycles. The summed E-state index contributed by atoms with van der Waals surface area (Å²) in [5.41, 5.74) is -0.175. The van der Waals surface area contributed by atoms with E-state index in [0.29, 0.717) is 13.0 Å². The molecule has 6 heteroatoms. The van der Waals surface area contributed by atoms with E-state index in [1.54, 1.807) is 0 Å². The zero-order valence-electron chi connectivity index (χ0n) is 8.80. The van der Waals surface area contributed by atoms with Gasteiger partial charge in [0.15, 0.2) is 0 Å². The fraction of sp³-hybridized carbons (Fsp3) is 0.364. The lowest BCUT2D eigenvalue weighted by Gasteiger charge is -2.11. The Hall–Kier alpha value is -1.01. The summed E-state index contributed by atoms with van der Waals surface area (Å²) in [4.78, 5) is 11.6. The van der Waals surface area contributed by atoms with Crippen LogP contribution in [-0.2, 0) is 9.53 Å². The number of carbonyl (C=O) groups excluding carboxylic acids is 1. The summed E-state index contributed by atoms with van der Waals surface area (Å²) in [5.74, 6) is -1.76. The van der Waals surface area contributed by atoms with Gasteiger partial charge < -0.3 is 10.1 Å². The van der Waals surface area contributed by atoms with Gasteiger partial charge in [-0.05, 0) is 34.8 Å². The molecule has 92 valence electrons. The molecule has 1 heterocycles. The number of halogens is 3. The minimum absolute atomic E-state index is 0.0186. The molecule has 1 fully saturated rings. The fourth-order valence-corrected chi connectivity index (χ4v) is 1.93. The minimum atomic E-state index is -0.690. The van der Waals surface area contributed by atoms with Crippen molar-refractivity contribution >= 4 is 27.5 Å². The average Bonchev–Trinajstić information content (AvgIpc) is 2.79. The summed E-state index contributed by atoms with van der Waals surface area (Å²) in [6.45, 7) is 0.523. The summed E-state index contributed by atoms with van der Waals surface area (Å²) in [5, 5.41) is 2.32. The van der Waals surface area contributed by atoms with Crippen molar-refractivity contribution in [3.63, 3.8) is 0 Å². The van der Waals surface area contributed by atoms with Crippen molar-refractivity contribution in [3.8, 4) is 0 Å². The predicted molar refractivity (Wildman–Crippen MR) is 61.7 cm³/mol. The Morgan fingerprint density at radius 1 is 1.41 bits per heavy atom. The van der Waals surface area contributed by atoms with E-state index in [0.717, 1.165) is 18.6 Å². The number of anilines is 1. The largest absolute Gasteiger partial charge is 0.368 e. The van der Waals surface area contributed by atoms with Crippen LogP contribution in [0.25, 0.3) is 0 Å². The van der Waals surface area contributed by atoms with Gasteiger partial charge in [-0.3, -0.25) is 4.79 Å². The zero-order chi connectivity index (χ0) is 12.4. The van der Waals surface area contributed by atoms with Crippen molar-refractivity contribution in [3.05, 3.63) is 28.2 Å². The molecule has 3 nitrogen and oxygen atoms in total. The summed E-state index contributed by atoms with van der Waals surface area (Å²) < 4.78 is 31.8. The molecule has 1 aliphatic heterocycles. The van der Waals surface area contributed by atoms with Crippen molar-refractivity contribution in [2.24, 2.45) is 0 Å². The quantitative estimate of drug-likeness (QED) is 0.853. The van der Waals surface area contributed by atoms with E-state index in [2.05, 4.69) is 21.2 Å². The second kappa shape index (κ2) is 5.10. The van der Waals surface area contributed by atoms with Crippen molar-refractivity contribution in [1.29, 1.82) is 0 Å². The number of ether oxygens (including phenoxy) is 1. The maximum Gasteiger partial charge on any atom is 0.253 e. The van der Waals surface area contributed by atoms with Crippen molar-refractivity contribution in [2.75, 3.05) is 11.9 Å². The van der Waals surface area contributed by atoms with Crippen LogP contribution in [0.5, 0.6) is 0 Å². The van der Waals surface area contributed by atoms with Gasteiger partial charge in [0.1, 0.15) is 17.7 Å².